The summed E-state index contributed by atoms with van der Waals surface area (Å²) in [5.41, 5.74) is 2.61. The number of hydrogen-bond acceptors (Lipinski definition) is 4. The van der Waals surface area contributed by atoms with E-state index >= 15 is 0 Å². The second-order valence-electron chi connectivity index (χ2n) is 4.87. The Morgan fingerprint density at radius 2 is 2.05 bits per heavy atom. The molecule has 0 saturated heterocycles. The Hall–Kier alpha value is -2.54. The number of aromatic hydroxyl groups is 1. The van der Waals surface area contributed by atoms with E-state index in [0.717, 1.165) is 36.9 Å². The predicted octanol–water partition coefficient (Wildman–Crippen LogP) is 3.33. The first-order valence-electron chi connectivity index (χ1n) is 6.66. The van der Waals surface area contributed by atoms with Gasteiger partial charge in [0.1, 0.15) is 23.1 Å². The van der Waals surface area contributed by atoms with Crippen LogP contribution in [0, 0.1) is 11.3 Å². The van der Waals surface area contributed by atoms with Crippen LogP contribution in [0.5, 0.6) is 17.4 Å². The van der Waals surface area contributed by atoms with Gasteiger partial charge >= 0.3 is 0 Å². The van der Waals surface area contributed by atoms with Gasteiger partial charge in [-0.15, -0.1) is 0 Å². The minimum atomic E-state index is 0.124. The van der Waals surface area contributed by atoms with Crippen LogP contribution in [-0.2, 0) is 12.8 Å². The zero-order valence-electron chi connectivity index (χ0n) is 11.0. The van der Waals surface area contributed by atoms with Crippen molar-refractivity contribution in [2.24, 2.45) is 0 Å². The maximum atomic E-state index is 9.44. The Bertz CT molecular complexity index is 689. The van der Waals surface area contributed by atoms with Gasteiger partial charge in [0.15, 0.2) is 0 Å². The molecular formula is C16H14N2O2. The lowest BCUT2D eigenvalue weighted by atomic mass is 9.95. The fourth-order valence-electron chi connectivity index (χ4n) is 2.43. The summed E-state index contributed by atoms with van der Waals surface area (Å²) in [4.78, 5) is 4.48. The quantitative estimate of drug-likeness (QED) is 0.905. The average Bonchev–Trinajstić information content (AvgIpc) is 2.46. The van der Waals surface area contributed by atoms with Crippen LogP contribution in [-0.4, -0.2) is 10.1 Å². The zero-order chi connectivity index (χ0) is 13.9. The van der Waals surface area contributed by atoms with Gasteiger partial charge in [-0.1, -0.05) is 6.07 Å². The van der Waals surface area contributed by atoms with Crippen molar-refractivity contribution in [1.29, 1.82) is 5.26 Å². The number of phenols is 1. The molecule has 100 valence electrons. The van der Waals surface area contributed by atoms with Crippen molar-refractivity contribution in [1.82, 2.24) is 4.98 Å². The van der Waals surface area contributed by atoms with E-state index < -0.39 is 0 Å². The number of pyridine rings is 1. The van der Waals surface area contributed by atoms with Crippen LogP contribution in [0.25, 0.3) is 0 Å². The standard InChI is InChI=1S/C16H14N2O2/c17-10-12-8-11-4-1-2-7-15(11)18-16(12)20-14-6-3-5-13(19)9-14/h3,5-6,8-9,19H,1-2,4,7H2. The summed E-state index contributed by atoms with van der Waals surface area (Å²) in [6, 6.07) is 10.5. The van der Waals surface area contributed by atoms with E-state index in [1.165, 1.54) is 6.07 Å². The number of fused-ring (bicyclic) bond motifs is 1. The number of phenolic OH excluding ortho intramolecular Hbond substituents is 1. The third-order valence-electron chi connectivity index (χ3n) is 3.42. The van der Waals surface area contributed by atoms with Crippen molar-refractivity contribution in [2.45, 2.75) is 25.7 Å². The molecule has 0 bridgehead atoms. The van der Waals surface area contributed by atoms with E-state index in [1.54, 1.807) is 18.2 Å². The number of ether oxygens (including phenoxy) is 1. The van der Waals surface area contributed by atoms with Crippen molar-refractivity contribution in [3.63, 3.8) is 0 Å². The average molecular weight is 266 g/mol. The van der Waals surface area contributed by atoms with Crippen molar-refractivity contribution in [2.75, 3.05) is 0 Å². The van der Waals surface area contributed by atoms with E-state index in [4.69, 9.17) is 4.74 Å². The number of benzene rings is 1. The largest absolute Gasteiger partial charge is 0.508 e. The van der Waals surface area contributed by atoms with Gasteiger partial charge in [0.2, 0.25) is 5.88 Å². The molecule has 0 fully saturated rings. The van der Waals surface area contributed by atoms with E-state index in [2.05, 4.69) is 11.1 Å². The van der Waals surface area contributed by atoms with Gasteiger partial charge in [-0.25, -0.2) is 4.98 Å². The number of aryl methyl sites for hydroxylation is 2. The number of nitriles is 1. The maximum Gasteiger partial charge on any atom is 0.237 e. The summed E-state index contributed by atoms with van der Waals surface area (Å²) < 4.78 is 5.65. The lowest BCUT2D eigenvalue weighted by Gasteiger charge is -2.16. The summed E-state index contributed by atoms with van der Waals surface area (Å²) in [5, 5.41) is 18.7. The Balaban J connectivity index is 1.98. The van der Waals surface area contributed by atoms with Crippen molar-refractivity contribution in [3.05, 3.63) is 47.2 Å². The topological polar surface area (TPSA) is 66.1 Å². The normalized spacial score (nSPS) is 13.3. The first-order chi connectivity index (χ1) is 9.76. The second kappa shape index (κ2) is 5.22. The van der Waals surface area contributed by atoms with Crippen LogP contribution in [0.4, 0.5) is 0 Å². The van der Waals surface area contributed by atoms with Crippen LogP contribution < -0.4 is 4.74 Å². The summed E-state index contributed by atoms with van der Waals surface area (Å²) >= 11 is 0. The van der Waals surface area contributed by atoms with E-state index in [1.807, 2.05) is 6.07 Å². The zero-order valence-corrected chi connectivity index (χ0v) is 11.0. The molecule has 0 spiro atoms. The smallest absolute Gasteiger partial charge is 0.237 e. The minimum Gasteiger partial charge on any atom is -0.508 e. The number of aromatic nitrogens is 1. The van der Waals surface area contributed by atoms with Crippen LogP contribution in [0.3, 0.4) is 0 Å². The van der Waals surface area contributed by atoms with Gasteiger partial charge in [-0.2, -0.15) is 5.26 Å². The van der Waals surface area contributed by atoms with Crippen molar-refractivity contribution < 1.29 is 9.84 Å². The molecule has 3 rings (SSSR count). The van der Waals surface area contributed by atoms with E-state index in [-0.39, 0.29) is 5.75 Å². The number of rotatable bonds is 2. The molecule has 0 radical (unpaired) electrons. The second-order valence-corrected chi connectivity index (χ2v) is 4.87. The Kier molecular flexibility index (Phi) is 3.26. The third-order valence-corrected chi connectivity index (χ3v) is 3.42. The van der Waals surface area contributed by atoms with E-state index in [0.29, 0.717) is 17.2 Å². The molecular weight excluding hydrogens is 252 g/mol. The molecule has 20 heavy (non-hydrogen) atoms. The highest BCUT2D eigenvalue weighted by Gasteiger charge is 2.16. The summed E-state index contributed by atoms with van der Waals surface area (Å²) in [6.07, 6.45) is 4.17. The molecule has 0 amide bonds. The lowest BCUT2D eigenvalue weighted by Crippen LogP contribution is -2.07. The Morgan fingerprint density at radius 1 is 1.20 bits per heavy atom. The molecule has 0 aliphatic heterocycles. The molecule has 2 aromatic rings. The molecule has 4 heteroatoms. The molecule has 1 aliphatic rings. The number of hydrogen-bond donors (Lipinski definition) is 1. The van der Waals surface area contributed by atoms with E-state index in [9.17, 15) is 10.4 Å². The molecule has 1 aromatic heterocycles. The van der Waals surface area contributed by atoms with Crippen LogP contribution in [0.1, 0.15) is 29.7 Å². The highest BCUT2D eigenvalue weighted by molar-refractivity contribution is 5.45. The van der Waals surface area contributed by atoms with Crippen LogP contribution in [0.15, 0.2) is 30.3 Å². The molecule has 0 unspecified atom stereocenters. The highest BCUT2D eigenvalue weighted by atomic mass is 16.5. The molecule has 4 nitrogen and oxygen atoms in total. The molecule has 1 heterocycles. The van der Waals surface area contributed by atoms with Gasteiger partial charge in [-0.05, 0) is 49.4 Å². The lowest BCUT2D eigenvalue weighted by molar-refractivity contribution is 0.441. The molecule has 1 N–H and O–H groups in total. The Morgan fingerprint density at radius 3 is 2.85 bits per heavy atom. The molecule has 0 atom stereocenters. The maximum absolute atomic E-state index is 9.44. The first-order valence-corrected chi connectivity index (χ1v) is 6.66. The first kappa shape index (κ1) is 12.5. The summed E-state index contributed by atoms with van der Waals surface area (Å²) in [7, 11) is 0. The minimum absolute atomic E-state index is 0.124. The van der Waals surface area contributed by atoms with Gasteiger partial charge in [-0.3, -0.25) is 0 Å². The van der Waals surface area contributed by atoms with Gasteiger partial charge < -0.3 is 9.84 Å². The SMILES string of the molecule is N#Cc1cc2c(nc1Oc1cccc(O)c1)CCCC2. The molecule has 0 saturated carbocycles. The highest BCUT2D eigenvalue weighted by Crippen LogP contribution is 2.29. The van der Waals surface area contributed by atoms with Crippen molar-refractivity contribution in [3.8, 4) is 23.4 Å². The summed E-state index contributed by atoms with van der Waals surface area (Å²) in [5.74, 6) is 0.919. The fourth-order valence-corrected chi connectivity index (χ4v) is 2.43. The molecule has 1 aliphatic carbocycles. The summed E-state index contributed by atoms with van der Waals surface area (Å²) in [6.45, 7) is 0. The van der Waals surface area contributed by atoms with Crippen LogP contribution >= 0.6 is 0 Å². The van der Waals surface area contributed by atoms with Gasteiger partial charge in [0, 0.05) is 11.8 Å². The predicted molar refractivity (Wildman–Crippen MR) is 73.8 cm³/mol. The third kappa shape index (κ3) is 2.43. The number of nitrogens with zero attached hydrogens (tertiary/aromatic N) is 2. The monoisotopic (exact) mass is 266 g/mol. The fraction of sp³-hybridized carbons (Fsp3) is 0.250. The van der Waals surface area contributed by atoms with Gasteiger partial charge in [0.25, 0.3) is 0 Å². The van der Waals surface area contributed by atoms with Gasteiger partial charge in [0.05, 0.1) is 0 Å². The Labute approximate surface area is 117 Å². The molecule has 1 aromatic carbocycles. The van der Waals surface area contributed by atoms with Crippen molar-refractivity contribution >= 4 is 0 Å². The van der Waals surface area contributed by atoms with Crippen LogP contribution in [0.2, 0.25) is 0 Å².